The number of fused-ring (bicyclic) bond motifs is 1. The first kappa shape index (κ1) is 23.8. The van der Waals surface area contributed by atoms with E-state index in [0.29, 0.717) is 47.1 Å². The van der Waals surface area contributed by atoms with Crippen molar-refractivity contribution >= 4 is 28.4 Å². The second-order valence-electron chi connectivity index (χ2n) is 7.85. The summed E-state index contributed by atoms with van der Waals surface area (Å²) in [6.45, 7) is 5.29. The minimum Gasteiger partial charge on any atom is -0.484 e. The summed E-state index contributed by atoms with van der Waals surface area (Å²) in [6, 6.07) is 13.8. The van der Waals surface area contributed by atoms with Crippen LogP contribution in [0.1, 0.15) is 25.7 Å². The maximum absolute atomic E-state index is 13.2. The molecular formula is C24H29ClN4O3. The molecule has 0 spiro atoms. The number of hydrogen-bond donors (Lipinski definition) is 0. The molecule has 0 aliphatic rings. The zero-order chi connectivity index (χ0) is 23.3. The fourth-order valence-electron chi connectivity index (χ4n) is 3.55. The van der Waals surface area contributed by atoms with Gasteiger partial charge in [-0.05, 0) is 64.3 Å². The lowest BCUT2D eigenvalue weighted by atomic mass is 10.2. The zero-order valence-electron chi connectivity index (χ0n) is 18.9. The Morgan fingerprint density at radius 3 is 2.47 bits per heavy atom. The molecule has 1 heterocycles. The Morgan fingerprint density at radius 1 is 1.12 bits per heavy atom. The smallest absolute Gasteiger partial charge is 0.261 e. The number of aromatic nitrogens is 2. The average molecular weight is 457 g/mol. The van der Waals surface area contributed by atoms with Gasteiger partial charge in [-0.1, -0.05) is 23.7 Å². The predicted octanol–water partition coefficient (Wildman–Crippen LogP) is 3.60. The van der Waals surface area contributed by atoms with Crippen molar-refractivity contribution in [1.82, 2.24) is 19.4 Å². The molecule has 0 aliphatic carbocycles. The molecule has 170 valence electrons. The molecule has 0 bridgehead atoms. The molecule has 0 radical (unpaired) electrons. The van der Waals surface area contributed by atoms with Crippen LogP contribution < -0.4 is 10.3 Å². The summed E-state index contributed by atoms with van der Waals surface area (Å²) >= 11 is 5.92. The minimum absolute atomic E-state index is 0.0997. The number of carbonyl (C=O) groups is 1. The van der Waals surface area contributed by atoms with Crippen LogP contribution in [0.4, 0.5) is 0 Å². The maximum atomic E-state index is 13.2. The van der Waals surface area contributed by atoms with Crippen molar-refractivity contribution in [3.63, 3.8) is 0 Å². The third kappa shape index (κ3) is 5.47. The lowest BCUT2D eigenvalue weighted by Crippen LogP contribution is -2.43. The van der Waals surface area contributed by atoms with Crippen molar-refractivity contribution in [1.29, 1.82) is 0 Å². The minimum atomic E-state index is -0.409. The summed E-state index contributed by atoms with van der Waals surface area (Å²) in [5, 5.41) is 1.17. The van der Waals surface area contributed by atoms with Gasteiger partial charge in [-0.25, -0.2) is 4.98 Å². The number of nitrogens with zero attached hydrogens (tertiary/aromatic N) is 4. The van der Waals surface area contributed by atoms with Crippen molar-refractivity contribution in [3.8, 4) is 5.75 Å². The number of likely N-dealkylation sites (N-methyl/N-ethyl adjacent to an activating group) is 1. The van der Waals surface area contributed by atoms with E-state index in [9.17, 15) is 9.59 Å². The van der Waals surface area contributed by atoms with Crippen molar-refractivity contribution in [2.75, 3.05) is 33.8 Å². The number of hydrogen-bond acceptors (Lipinski definition) is 5. The topological polar surface area (TPSA) is 67.7 Å². The van der Waals surface area contributed by atoms with Crippen LogP contribution in [0.3, 0.4) is 0 Å². The van der Waals surface area contributed by atoms with Crippen LogP contribution in [-0.4, -0.2) is 59.0 Å². The zero-order valence-corrected chi connectivity index (χ0v) is 19.7. The number of carbonyl (C=O) groups excluding carboxylic acids is 1. The first-order chi connectivity index (χ1) is 15.3. The second-order valence-corrected chi connectivity index (χ2v) is 8.28. The Balaban J connectivity index is 1.91. The van der Waals surface area contributed by atoms with Crippen molar-refractivity contribution in [2.45, 2.75) is 26.4 Å². The first-order valence-corrected chi connectivity index (χ1v) is 11.0. The Morgan fingerprint density at radius 2 is 1.81 bits per heavy atom. The van der Waals surface area contributed by atoms with E-state index in [0.717, 1.165) is 0 Å². The van der Waals surface area contributed by atoms with E-state index in [1.165, 1.54) is 0 Å². The average Bonchev–Trinajstić information content (AvgIpc) is 2.78. The fraction of sp³-hybridized carbons (Fsp3) is 0.375. The molecule has 0 N–H and O–H groups in total. The van der Waals surface area contributed by atoms with E-state index in [1.807, 2.05) is 51.0 Å². The highest BCUT2D eigenvalue weighted by Crippen LogP contribution is 2.21. The molecule has 1 aromatic heterocycles. The van der Waals surface area contributed by atoms with Gasteiger partial charge < -0.3 is 14.5 Å². The molecule has 0 saturated carbocycles. The normalized spacial score (nSPS) is 12.2. The van der Waals surface area contributed by atoms with Crippen molar-refractivity contribution in [3.05, 3.63) is 69.7 Å². The van der Waals surface area contributed by atoms with Crippen molar-refractivity contribution < 1.29 is 9.53 Å². The lowest BCUT2D eigenvalue weighted by molar-refractivity contribution is -0.136. The molecule has 0 saturated heterocycles. The van der Waals surface area contributed by atoms with Gasteiger partial charge in [0.25, 0.3) is 11.5 Å². The molecule has 7 nitrogen and oxygen atoms in total. The summed E-state index contributed by atoms with van der Waals surface area (Å²) in [7, 11) is 3.90. The summed E-state index contributed by atoms with van der Waals surface area (Å²) in [6.07, 6.45) is 0. The number of halogens is 1. The van der Waals surface area contributed by atoms with Crippen LogP contribution in [0.5, 0.6) is 5.75 Å². The Kier molecular flexibility index (Phi) is 7.88. The van der Waals surface area contributed by atoms with Gasteiger partial charge in [-0.3, -0.25) is 14.2 Å². The van der Waals surface area contributed by atoms with Crippen LogP contribution in [0.2, 0.25) is 5.02 Å². The van der Waals surface area contributed by atoms with Gasteiger partial charge in [0.05, 0.1) is 16.9 Å². The molecule has 1 atom stereocenters. The summed E-state index contributed by atoms with van der Waals surface area (Å²) in [5.41, 5.74) is 0.527. The third-order valence-electron chi connectivity index (χ3n) is 5.33. The molecule has 2 aromatic carbocycles. The SMILES string of the molecule is CCn1c(C(C)N(CCN(C)C)C(=O)COc2ccc(Cl)cc2)nc2ccccc2c1=O. The molecule has 0 fully saturated rings. The van der Waals surface area contributed by atoms with Crippen LogP contribution in [0.15, 0.2) is 53.3 Å². The summed E-state index contributed by atoms with van der Waals surface area (Å²) in [4.78, 5) is 34.8. The van der Waals surface area contributed by atoms with E-state index in [2.05, 4.69) is 0 Å². The quantitative estimate of drug-likeness (QED) is 0.492. The van der Waals surface area contributed by atoms with E-state index in [-0.39, 0.29) is 18.1 Å². The van der Waals surface area contributed by atoms with Gasteiger partial charge in [0, 0.05) is 24.7 Å². The van der Waals surface area contributed by atoms with Gasteiger partial charge in [0.2, 0.25) is 0 Å². The monoisotopic (exact) mass is 456 g/mol. The van der Waals surface area contributed by atoms with Crippen LogP contribution in [0, 0.1) is 0 Å². The molecule has 8 heteroatoms. The Bertz CT molecular complexity index is 1130. The number of amides is 1. The summed E-state index contributed by atoms with van der Waals surface area (Å²) < 4.78 is 7.34. The number of rotatable bonds is 9. The molecule has 0 aliphatic heterocycles. The molecule has 3 rings (SSSR count). The molecule has 1 amide bonds. The van der Waals surface area contributed by atoms with Crippen LogP contribution >= 0.6 is 11.6 Å². The Labute approximate surface area is 193 Å². The van der Waals surface area contributed by atoms with Gasteiger partial charge in [0.15, 0.2) is 6.61 Å². The van der Waals surface area contributed by atoms with Gasteiger partial charge in [-0.15, -0.1) is 0 Å². The Hall–Kier alpha value is -2.90. The number of benzene rings is 2. The van der Waals surface area contributed by atoms with E-state index in [4.69, 9.17) is 21.3 Å². The fourth-order valence-corrected chi connectivity index (χ4v) is 3.68. The lowest BCUT2D eigenvalue weighted by Gasteiger charge is -2.31. The largest absolute Gasteiger partial charge is 0.484 e. The number of ether oxygens (including phenoxy) is 1. The maximum Gasteiger partial charge on any atom is 0.261 e. The molecule has 32 heavy (non-hydrogen) atoms. The van der Waals surface area contributed by atoms with E-state index >= 15 is 0 Å². The first-order valence-electron chi connectivity index (χ1n) is 10.6. The van der Waals surface area contributed by atoms with Crippen LogP contribution in [0.25, 0.3) is 10.9 Å². The molecule has 3 aromatic rings. The number of para-hydroxylation sites is 1. The van der Waals surface area contributed by atoms with Gasteiger partial charge >= 0.3 is 0 Å². The summed E-state index contributed by atoms with van der Waals surface area (Å²) in [5.74, 6) is 0.950. The van der Waals surface area contributed by atoms with Crippen LogP contribution in [-0.2, 0) is 11.3 Å². The molecular weight excluding hydrogens is 428 g/mol. The third-order valence-corrected chi connectivity index (χ3v) is 5.58. The van der Waals surface area contributed by atoms with E-state index in [1.54, 1.807) is 39.8 Å². The van der Waals surface area contributed by atoms with Crippen molar-refractivity contribution in [2.24, 2.45) is 0 Å². The highest BCUT2D eigenvalue weighted by Gasteiger charge is 2.26. The van der Waals surface area contributed by atoms with E-state index < -0.39 is 6.04 Å². The van der Waals surface area contributed by atoms with Gasteiger partial charge in [0.1, 0.15) is 11.6 Å². The highest BCUT2D eigenvalue weighted by molar-refractivity contribution is 6.30. The van der Waals surface area contributed by atoms with Gasteiger partial charge in [-0.2, -0.15) is 0 Å². The second kappa shape index (κ2) is 10.6. The standard InChI is InChI=1S/C24H29ClN4O3/c1-5-28-23(26-21-9-7-6-8-20(21)24(28)31)17(2)29(15-14-27(3)4)22(30)16-32-19-12-10-18(25)11-13-19/h6-13,17H,5,14-16H2,1-4H3. The molecule has 1 unspecified atom stereocenters. The highest BCUT2D eigenvalue weighted by atomic mass is 35.5. The predicted molar refractivity (Wildman–Crippen MR) is 127 cm³/mol.